The van der Waals surface area contributed by atoms with Crippen molar-refractivity contribution >= 4 is 51.4 Å². The molecule has 0 saturated carbocycles. The average molecular weight is 1290 g/mol. The molecule has 1 fully saturated rings. The molecule has 1 aliphatic heterocycles. The number of piperazine rings is 1. The topological polar surface area (TPSA) is 225 Å². The van der Waals surface area contributed by atoms with Gasteiger partial charge in [0.2, 0.25) is 0 Å². The molecular weight excluding hydrogens is 1160 g/mol. The van der Waals surface area contributed by atoms with Crippen LogP contribution < -0.4 is 0 Å². The molecule has 0 aromatic carbocycles. The summed E-state index contributed by atoms with van der Waals surface area (Å²) in [4.78, 5) is 71.0. The molecule has 1 rings (SSSR count). The van der Waals surface area contributed by atoms with Gasteiger partial charge in [0.15, 0.2) is 0 Å². The van der Waals surface area contributed by atoms with E-state index in [-0.39, 0.29) is 29.8 Å². The molecule has 0 radical (unpaired) electrons. The van der Waals surface area contributed by atoms with Crippen molar-refractivity contribution in [1.82, 2.24) is 19.6 Å². The molecule has 518 valence electrons. The van der Waals surface area contributed by atoms with Gasteiger partial charge in [-0.2, -0.15) is 0 Å². The van der Waals surface area contributed by atoms with E-state index in [0.29, 0.717) is 205 Å². The standard InChI is InChI=1S/C68H130N4O14S2/c1-9-56(10-2)52-83-65(78)32-21-17-28-60(73)48-71(49-61(74)29-18-22-33-66(79)84-53-57(11-3)12-4)37-26-25-36-64(77)82-45-43-69-39-41-70(42-40-69)44-47-88-87-46-27-38-72(50-62(75)30-19-23-34-67(80)85-54-58(13-5)14-6)51-63(76)31-20-24-35-68(81)86-55-59(15-7)16-8/h56-63,73-76H,9-55H2,1-8H3. The summed E-state index contributed by atoms with van der Waals surface area (Å²) in [5, 5.41) is 44.2. The van der Waals surface area contributed by atoms with Crippen molar-refractivity contribution in [3.05, 3.63) is 0 Å². The van der Waals surface area contributed by atoms with Crippen LogP contribution in [0.2, 0.25) is 0 Å². The predicted molar refractivity (Wildman–Crippen MR) is 358 cm³/mol. The molecule has 0 aromatic heterocycles. The molecular formula is C68H130N4O14S2. The second-order valence-corrected chi connectivity index (χ2v) is 27.6. The minimum absolute atomic E-state index is 0.172. The van der Waals surface area contributed by atoms with E-state index in [1.165, 1.54) is 0 Å². The number of ether oxygens (including phenoxy) is 5. The average Bonchev–Trinajstić information content (AvgIpc) is 3.52. The summed E-state index contributed by atoms with van der Waals surface area (Å²) in [6.45, 7) is 27.5. The van der Waals surface area contributed by atoms with Crippen molar-refractivity contribution in [2.45, 2.75) is 260 Å². The highest BCUT2D eigenvalue weighted by molar-refractivity contribution is 8.76. The van der Waals surface area contributed by atoms with Gasteiger partial charge < -0.3 is 44.1 Å². The van der Waals surface area contributed by atoms with E-state index < -0.39 is 24.4 Å². The molecule has 88 heavy (non-hydrogen) atoms. The monoisotopic (exact) mass is 1290 g/mol. The molecule has 0 amide bonds. The summed E-state index contributed by atoms with van der Waals surface area (Å²) in [5.74, 6) is 2.57. The van der Waals surface area contributed by atoms with Crippen molar-refractivity contribution in [3.63, 3.8) is 0 Å². The number of carbonyl (C=O) groups excluding carboxylic acids is 5. The van der Waals surface area contributed by atoms with Crippen LogP contribution in [0.25, 0.3) is 0 Å². The van der Waals surface area contributed by atoms with Gasteiger partial charge in [-0.1, -0.05) is 154 Å². The fraction of sp³-hybridized carbons (Fsp3) is 0.926. The van der Waals surface area contributed by atoms with Gasteiger partial charge in [-0.15, -0.1) is 0 Å². The molecule has 1 heterocycles. The Morgan fingerprint density at radius 1 is 0.364 bits per heavy atom. The third-order valence-corrected chi connectivity index (χ3v) is 20.1. The Morgan fingerprint density at radius 3 is 0.955 bits per heavy atom. The summed E-state index contributed by atoms with van der Waals surface area (Å²) in [5.41, 5.74) is 0. The molecule has 1 aliphatic rings. The van der Waals surface area contributed by atoms with Gasteiger partial charge in [0.05, 0.1) is 50.8 Å². The number of esters is 5. The predicted octanol–water partition coefficient (Wildman–Crippen LogP) is 11.3. The maximum atomic E-state index is 12.8. The number of hydrogen-bond donors (Lipinski definition) is 4. The molecule has 0 bridgehead atoms. The maximum absolute atomic E-state index is 12.8. The number of hydrogen-bond acceptors (Lipinski definition) is 20. The zero-order valence-electron chi connectivity index (χ0n) is 56.8. The van der Waals surface area contributed by atoms with E-state index in [4.69, 9.17) is 23.7 Å². The first-order chi connectivity index (χ1) is 42.5. The van der Waals surface area contributed by atoms with Gasteiger partial charge in [-0.3, -0.25) is 43.6 Å². The number of aliphatic hydroxyl groups is 4. The smallest absolute Gasteiger partial charge is 0.305 e. The lowest BCUT2D eigenvalue weighted by molar-refractivity contribution is -0.146. The van der Waals surface area contributed by atoms with Crippen LogP contribution in [0.15, 0.2) is 0 Å². The van der Waals surface area contributed by atoms with E-state index in [1.807, 2.05) is 21.6 Å². The van der Waals surface area contributed by atoms with Gasteiger partial charge in [0.25, 0.3) is 0 Å². The van der Waals surface area contributed by atoms with Crippen molar-refractivity contribution in [2.75, 3.05) is 123 Å². The minimum atomic E-state index is -0.626. The summed E-state index contributed by atoms with van der Waals surface area (Å²) in [6, 6.07) is 0. The molecule has 4 unspecified atom stereocenters. The van der Waals surface area contributed by atoms with Gasteiger partial charge in [0, 0.05) is 109 Å². The largest absolute Gasteiger partial charge is 0.465 e. The molecule has 1 saturated heterocycles. The van der Waals surface area contributed by atoms with Crippen molar-refractivity contribution in [3.8, 4) is 0 Å². The number of nitrogens with zero attached hydrogens (tertiary/aromatic N) is 4. The van der Waals surface area contributed by atoms with Crippen LogP contribution in [0.4, 0.5) is 0 Å². The summed E-state index contributed by atoms with van der Waals surface area (Å²) < 4.78 is 27.5. The third-order valence-electron chi connectivity index (χ3n) is 17.6. The molecule has 4 N–H and O–H groups in total. The third kappa shape index (κ3) is 46.7. The first-order valence-electron chi connectivity index (χ1n) is 35.1. The summed E-state index contributed by atoms with van der Waals surface area (Å²) in [6.07, 6.45) is 17.1. The lowest BCUT2D eigenvalue weighted by atomic mass is 10.1. The highest BCUT2D eigenvalue weighted by Crippen LogP contribution is 2.23. The Bertz CT molecular complexity index is 1620. The number of aliphatic hydroxyl groups excluding tert-OH is 4. The summed E-state index contributed by atoms with van der Waals surface area (Å²) >= 11 is 0. The molecule has 0 aliphatic carbocycles. The summed E-state index contributed by atoms with van der Waals surface area (Å²) in [7, 11) is 3.74. The van der Waals surface area contributed by atoms with Crippen LogP contribution in [0.3, 0.4) is 0 Å². The molecule has 4 atom stereocenters. The zero-order valence-corrected chi connectivity index (χ0v) is 58.5. The fourth-order valence-corrected chi connectivity index (χ4v) is 12.8. The molecule has 0 aromatic rings. The lowest BCUT2D eigenvalue weighted by Crippen LogP contribution is -2.47. The molecule has 18 nitrogen and oxygen atoms in total. The van der Waals surface area contributed by atoms with E-state index in [9.17, 15) is 44.4 Å². The van der Waals surface area contributed by atoms with Crippen molar-refractivity contribution < 1.29 is 68.1 Å². The van der Waals surface area contributed by atoms with Crippen LogP contribution >= 0.6 is 21.6 Å². The normalized spacial score (nSPS) is 14.8. The van der Waals surface area contributed by atoms with Crippen LogP contribution in [0.5, 0.6) is 0 Å². The second-order valence-electron chi connectivity index (χ2n) is 24.9. The second kappa shape index (κ2) is 56.3. The molecule has 20 heteroatoms. The van der Waals surface area contributed by atoms with Crippen LogP contribution in [0.1, 0.15) is 235 Å². The minimum Gasteiger partial charge on any atom is -0.465 e. The SMILES string of the molecule is CCC(CC)COC(=O)CCCCC(O)CN(CCCCC(=O)OCCN1CCN(CCSSCCCN(CC(O)CCCCC(=O)OCC(CC)CC)CC(O)CCCCC(=O)OCC(CC)CC)CC1)CC(O)CCCCC(=O)OCC(CC)CC. The Labute approximate surface area is 542 Å². The number of unbranched alkanes of at least 4 members (excludes halogenated alkanes) is 5. The van der Waals surface area contributed by atoms with Gasteiger partial charge in [-0.25, -0.2) is 0 Å². The van der Waals surface area contributed by atoms with Gasteiger partial charge in [-0.05, 0) is 107 Å². The Balaban J connectivity index is 2.49. The van der Waals surface area contributed by atoms with E-state index >= 15 is 0 Å². The van der Waals surface area contributed by atoms with E-state index in [0.717, 1.165) is 121 Å². The van der Waals surface area contributed by atoms with Crippen LogP contribution in [-0.4, -0.2) is 217 Å². The Kier molecular flexibility index (Phi) is 53.6. The number of rotatable bonds is 60. The molecule has 0 spiro atoms. The quantitative estimate of drug-likeness (QED) is 0.0192. The van der Waals surface area contributed by atoms with E-state index in [2.05, 4.69) is 75.0 Å². The van der Waals surface area contributed by atoms with Gasteiger partial charge in [0.1, 0.15) is 6.61 Å². The zero-order chi connectivity index (χ0) is 65.0. The Hall–Kier alpha value is -2.27. The highest BCUT2D eigenvalue weighted by atomic mass is 33.1. The number of carbonyl (C=O) groups is 5. The Morgan fingerprint density at radius 2 is 0.636 bits per heavy atom. The first kappa shape index (κ1) is 83.7. The van der Waals surface area contributed by atoms with Crippen LogP contribution in [0, 0.1) is 23.7 Å². The maximum Gasteiger partial charge on any atom is 0.305 e. The van der Waals surface area contributed by atoms with E-state index in [1.54, 1.807) is 0 Å². The van der Waals surface area contributed by atoms with Crippen LogP contribution in [-0.2, 0) is 47.7 Å². The van der Waals surface area contributed by atoms with Crippen molar-refractivity contribution in [1.29, 1.82) is 0 Å². The van der Waals surface area contributed by atoms with Crippen molar-refractivity contribution in [2.24, 2.45) is 23.7 Å². The fourth-order valence-electron chi connectivity index (χ4n) is 10.7. The van der Waals surface area contributed by atoms with Gasteiger partial charge >= 0.3 is 29.8 Å². The highest BCUT2D eigenvalue weighted by Gasteiger charge is 2.22. The lowest BCUT2D eigenvalue weighted by Gasteiger charge is -2.34. The first-order valence-corrected chi connectivity index (χ1v) is 37.6.